The molecule has 21 heavy (non-hydrogen) atoms. The number of carbonyl (C=O) groups excluding carboxylic acids is 2. The average Bonchev–Trinajstić information content (AvgIpc) is 2.49. The summed E-state index contributed by atoms with van der Waals surface area (Å²) in [5, 5.41) is 2.89. The molecular formula is C17H26N2O2. The van der Waals surface area contributed by atoms with Crippen LogP contribution in [0.2, 0.25) is 0 Å². The molecule has 1 atom stereocenters. The Balaban J connectivity index is 2.77. The predicted molar refractivity (Wildman–Crippen MR) is 84.6 cm³/mol. The molecule has 1 aromatic carbocycles. The van der Waals surface area contributed by atoms with Crippen LogP contribution in [0.15, 0.2) is 30.3 Å². The van der Waals surface area contributed by atoms with Crippen LogP contribution in [0.4, 0.5) is 0 Å². The SMILES string of the molecule is CCC(=O)N(Cc1ccccc1)C(C)C(=O)NCC(C)C. The van der Waals surface area contributed by atoms with Gasteiger partial charge in [-0.05, 0) is 18.4 Å². The van der Waals surface area contributed by atoms with E-state index in [1.807, 2.05) is 51.1 Å². The van der Waals surface area contributed by atoms with Crippen LogP contribution in [0.25, 0.3) is 0 Å². The van der Waals surface area contributed by atoms with Crippen LogP contribution in [-0.4, -0.2) is 29.3 Å². The van der Waals surface area contributed by atoms with E-state index in [2.05, 4.69) is 5.32 Å². The van der Waals surface area contributed by atoms with Crippen LogP contribution in [-0.2, 0) is 16.1 Å². The van der Waals surface area contributed by atoms with Crippen molar-refractivity contribution < 1.29 is 9.59 Å². The maximum atomic E-state index is 12.2. The summed E-state index contributed by atoms with van der Waals surface area (Å²) in [4.78, 5) is 26.0. The van der Waals surface area contributed by atoms with E-state index in [0.29, 0.717) is 25.4 Å². The summed E-state index contributed by atoms with van der Waals surface area (Å²) in [5.74, 6) is 0.290. The second kappa shape index (κ2) is 8.45. The molecular weight excluding hydrogens is 264 g/mol. The molecule has 0 aliphatic carbocycles. The molecule has 4 nitrogen and oxygen atoms in total. The molecule has 116 valence electrons. The molecule has 0 spiro atoms. The molecule has 1 unspecified atom stereocenters. The maximum absolute atomic E-state index is 12.2. The molecule has 0 radical (unpaired) electrons. The van der Waals surface area contributed by atoms with E-state index in [0.717, 1.165) is 5.56 Å². The maximum Gasteiger partial charge on any atom is 0.242 e. The minimum absolute atomic E-state index is 0.00829. The zero-order valence-electron chi connectivity index (χ0n) is 13.4. The Labute approximate surface area is 127 Å². The van der Waals surface area contributed by atoms with Crippen LogP contribution in [0.5, 0.6) is 0 Å². The van der Waals surface area contributed by atoms with Crippen LogP contribution < -0.4 is 5.32 Å². The van der Waals surface area contributed by atoms with E-state index in [1.165, 1.54) is 0 Å². The van der Waals surface area contributed by atoms with Crippen LogP contribution in [0.3, 0.4) is 0 Å². The fraction of sp³-hybridized carbons (Fsp3) is 0.529. The lowest BCUT2D eigenvalue weighted by Crippen LogP contribution is -2.48. The monoisotopic (exact) mass is 290 g/mol. The van der Waals surface area contributed by atoms with Gasteiger partial charge in [0.2, 0.25) is 11.8 Å². The van der Waals surface area contributed by atoms with Gasteiger partial charge >= 0.3 is 0 Å². The largest absolute Gasteiger partial charge is 0.354 e. The molecule has 1 N–H and O–H groups in total. The van der Waals surface area contributed by atoms with Crippen LogP contribution >= 0.6 is 0 Å². The van der Waals surface area contributed by atoms with Gasteiger partial charge in [0.25, 0.3) is 0 Å². The topological polar surface area (TPSA) is 49.4 Å². The highest BCUT2D eigenvalue weighted by Crippen LogP contribution is 2.10. The van der Waals surface area contributed by atoms with E-state index in [1.54, 1.807) is 11.8 Å². The first-order chi connectivity index (χ1) is 9.95. The lowest BCUT2D eigenvalue weighted by molar-refractivity contribution is -0.140. The normalized spacial score (nSPS) is 12.0. The van der Waals surface area contributed by atoms with Crippen molar-refractivity contribution in [1.82, 2.24) is 10.2 Å². The lowest BCUT2D eigenvalue weighted by atomic mass is 10.1. The first kappa shape index (κ1) is 17.2. The van der Waals surface area contributed by atoms with E-state index in [9.17, 15) is 9.59 Å². The van der Waals surface area contributed by atoms with Gasteiger partial charge in [-0.15, -0.1) is 0 Å². The van der Waals surface area contributed by atoms with E-state index < -0.39 is 6.04 Å². The van der Waals surface area contributed by atoms with Crippen LogP contribution in [0, 0.1) is 5.92 Å². The standard InChI is InChI=1S/C17H26N2O2/c1-5-16(20)19(12-15-9-7-6-8-10-15)14(4)17(21)18-11-13(2)3/h6-10,13-14H,5,11-12H2,1-4H3,(H,18,21). The van der Waals surface area contributed by atoms with Gasteiger partial charge in [0, 0.05) is 19.5 Å². The molecule has 1 aromatic rings. The number of nitrogens with one attached hydrogen (secondary N) is 1. The third-order valence-electron chi connectivity index (χ3n) is 3.35. The van der Waals surface area contributed by atoms with Crippen molar-refractivity contribution in [3.05, 3.63) is 35.9 Å². The van der Waals surface area contributed by atoms with E-state index >= 15 is 0 Å². The Morgan fingerprint density at radius 1 is 1.14 bits per heavy atom. The zero-order chi connectivity index (χ0) is 15.8. The minimum atomic E-state index is -0.462. The molecule has 0 bridgehead atoms. The Bertz CT molecular complexity index is 457. The highest BCUT2D eigenvalue weighted by Gasteiger charge is 2.24. The first-order valence-corrected chi connectivity index (χ1v) is 7.56. The number of nitrogens with zero attached hydrogens (tertiary/aromatic N) is 1. The van der Waals surface area contributed by atoms with Gasteiger partial charge in [-0.2, -0.15) is 0 Å². The Hall–Kier alpha value is -1.84. The molecule has 0 saturated carbocycles. The minimum Gasteiger partial charge on any atom is -0.354 e. The molecule has 0 aliphatic rings. The van der Waals surface area contributed by atoms with Gasteiger partial charge < -0.3 is 10.2 Å². The van der Waals surface area contributed by atoms with Crippen molar-refractivity contribution in [1.29, 1.82) is 0 Å². The third-order valence-corrected chi connectivity index (χ3v) is 3.35. The molecule has 0 aromatic heterocycles. The van der Waals surface area contributed by atoms with Crippen molar-refractivity contribution in [2.75, 3.05) is 6.54 Å². The van der Waals surface area contributed by atoms with Gasteiger partial charge in [0.05, 0.1) is 0 Å². The summed E-state index contributed by atoms with van der Waals surface area (Å²) in [5.41, 5.74) is 1.03. The number of hydrogen-bond acceptors (Lipinski definition) is 2. The highest BCUT2D eigenvalue weighted by atomic mass is 16.2. The predicted octanol–water partition coefficient (Wildman–Crippen LogP) is 2.59. The van der Waals surface area contributed by atoms with Gasteiger partial charge in [0.1, 0.15) is 6.04 Å². The summed E-state index contributed by atoms with van der Waals surface area (Å²) in [7, 11) is 0. The Morgan fingerprint density at radius 2 is 1.76 bits per heavy atom. The van der Waals surface area contributed by atoms with Gasteiger partial charge in [-0.25, -0.2) is 0 Å². The molecule has 1 rings (SSSR count). The molecule has 0 saturated heterocycles. The number of amides is 2. The molecule has 0 fully saturated rings. The highest BCUT2D eigenvalue weighted by molar-refractivity contribution is 5.87. The Kier molecular flexibility index (Phi) is 6.92. The fourth-order valence-electron chi connectivity index (χ4n) is 2.02. The molecule has 2 amide bonds. The van der Waals surface area contributed by atoms with E-state index in [-0.39, 0.29) is 11.8 Å². The van der Waals surface area contributed by atoms with Crippen LogP contribution in [0.1, 0.15) is 39.7 Å². The molecule has 0 heterocycles. The van der Waals surface area contributed by atoms with Crippen molar-refractivity contribution >= 4 is 11.8 Å². The first-order valence-electron chi connectivity index (χ1n) is 7.56. The van der Waals surface area contributed by atoms with E-state index in [4.69, 9.17) is 0 Å². The average molecular weight is 290 g/mol. The summed E-state index contributed by atoms with van der Waals surface area (Å²) >= 11 is 0. The van der Waals surface area contributed by atoms with Gasteiger partial charge in [0.15, 0.2) is 0 Å². The summed E-state index contributed by atoms with van der Waals surface area (Å²) in [6.45, 7) is 8.78. The number of carbonyl (C=O) groups is 2. The summed E-state index contributed by atoms with van der Waals surface area (Å²) < 4.78 is 0. The number of hydrogen-bond donors (Lipinski definition) is 1. The quantitative estimate of drug-likeness (QED) is 0.839. The smallest absolute Gasteiger partial charge is 0.242 e. The zero-order valence-corrected chi connectivity index (χ0v) is 13.4. The Morgan fingerprint density at radius 3 is 2.29 bits per heavy atom. The summed E-state index contributed by atoms with van der Waals surface area (Å²) in [6, 6.07) is 9.29. The molecule has 4 heteroatoms. The second-order valence-electron chi connectivity index (χ2n) is 5.68. The second-order valence-corrected chi connectivity index (χ2v) is 5.68. The fourth-order valence-corrected chi connectivity index (χ4v) is 2.02. The summed E-state index contributed by atoms with van der Waals surface area (Å²) in [6.07, 6.45) is 0.397. The van der Waals surface area contributed by atoms with Gasteiger partial charge in [-0.1, -0.05) is 51.1 Å². The van der Waals surface area contributed by atoms with Crippen molar-refractivity contribution in [3.8, 4) is 0 Å². The number of rotatable bonds is 7. The van der Waals surface area contributed by atoms with Crippen molar-refractivity contribution in [2.24, 2.45) is 5.92 Å². The van der Waals surface area contributed by atoms with Crippen molar-refractivity contribution in [3.63, 3.8) is 0 Å². The third kappa shape index (κ3) is 5.58. The number of benzene rings is 1. The molecule has 0 aliphatic heterocycles. The lowest BCUT2D eigenvalue weighted by Gasteiger charge is -2.28. The van der Waals surface area contributed by atoms with Gasteiger partial charge in [-0.3, -0.25) is 9.59 Å². The van der Waals surface area contributed by atoms with Crippen molar-refractivity contribution in [2.45, 2.75) is 46.7 Å².